The molecule has 0 aliphatic carbocycles. The number of aryl methyl sites for hydroxylation is 1. The van der Waals surface area contributed by atoms with E-state index in [1.54, 1.807) is 12.4 Å². The van der Waals surface area contributed by atoms with Crippen LogP contribution in [0.3, 0.4) is 0 Å². The Morgan fingerprint density at radius 1 is 1.35 bits per heavy atom. The summed E-state index contributed by atoms with van der Waals surface area (Å²) in [6.07, 6.45) is 3.28. The predicted octanol–water partition coefficient (Wildman–Crippen LogP) is 2.79. The van der Waals surface area contributed by atoms with Crippen molar-refractivity contribution in [2.45, 2.75) is 6.92 Å². The van der Waals surface area contributed by atoms with E-state index >= 15 is 0 Å². The van der Waals surface area contributed by atoms with E-state index in [2.05, 4.69) is 20.3 Å². The maximum atomic E-state index is 5.42. The van der Waals surface area contributed by atoms with E-state index in [0.717, 1.165) is 5.76 Å². The van der Waals surface area contributed by atoms with Crippen LogP contribution >= 0.6 is 12.2 Å². The van der Waals surface area contributed by atoms with E-state index < -0.39 is 0 Å². The smallest absolute Gasteiger partial charge is 0.216 e. The van der Waals surface area contributed by atoms with Crippen molar-refractivity contribution >= 4 is 18.4 Å². The maximum absolute atomic E-state index is 5.42. The lowest BCUT2D eigenvalue weighted by Gasteiger charge is -1.98. The summed E-state index contributed by atoms with van der Waals surface area (Å²) in [5, 5.41) is 11.1. The van der Waals surface area contributed by atoms with Gasteiger partial charge in [-0.1, -0.05) is 6.07 Å². The molecule has 0 atom stereocenters. The van der Waals surface area contributed by atoms with E-state index in [1.807, 2.05) is 37.3 Å². The molecule has 3 aromatic heterocycles. The molecule has 0 unspecified atom stereocenters. The van der Waals surface area contributed by atoms with Crippen molar-refractivity contribution in [2.75, 3.05) is 0 Å². The molecule has 0 aliphatic rings. The first-order valence-electron chi connectivity index (χ1n) is 5.93. The van der Waals surface area contributed by atoms with Crippen LogP contribution < -0.4 is 0 Å². The molecule has 7 heteroatoms. The molecule has 20 heavy (non-hydrogen) atoms. The van der Waals surface area contributed by atoms with Crippen LogP contribution in [-0.4, -0.2) is 26.1 Å². The first-order chi connectivity index (χ1) is 9.74. The van der Waals surface area contributed by atoms with Gasteiger partial charge in [0, 0.05) is 6.20 Å². The van der Waals surface area contributed by atoms with Gasteiger partial charge in [0.1, 0.15) is 17.2 Å². The van der Waals surface area contributed by atoms with Crippen LogP contribution in [0, 0.1) is 11.7 Å². The third-order valence-corrected chi connectivity index (χ3v) is 2.87. The van der Waals surface area contributed by atoms with E-state index in [9.17, 15) is 0 Å². The van der Waals surface area contributed by atoms with Crippen LogP contribution in [0.15, 0.2) is 46.0 Å². The molecule has 6 nitrogen and oxygen atoms in total. The number of rotatable bonds is 3. The molecule has 0 saturated heterocycles. The molecule has 0 saturated carbocycles. The lowest BCUT2D eigenvalue weighted by molar-refractivity contribution is 0.527. The standard InChI is InChI=1S/C13H11N5OS/c1-9-5-6-10(19-9)8-15-18-12(16-17-13(18)20)11-4-2-3-7-14-11/h2-8H,1H3,(H,17,20)/b15-8-. The van der Waals surface area contributed by atoms with Crippen LogP contribution in [0.25, 0.3) is 11.5 Å². The van der Waals surface area contributed by atoms with Crippen molar-refractivity contribution in [3.8, 4) is 11.5 Å². The molecule has 0 radical (unpaired) electrons. The molecule has 3 rings (SSSR count). The highest BCUT2D eigenvalue weighted by Crippen LogP contribution is 2.13. The minimum atomic E-state index is 0.394. The Kier molecular flexibility index (Phi) is 3.26. The number of aromatic amines is 1. The zero-order chi connectivity index (χ0) is 13.9. The molecule has 0 aromatic carbocycles. The maximum Gasteiger partial charge on any atom is 0.216 e. The summed E-state index contributed by atoms with van der Waals surface area (Å²) >= 11 is 5.17. The highest BCUT2D eigenvalue weighted by molar-refractivity contribution is 7.71. The second kappa shape index (κ2) is 5.22. The van der Waals surface area contributed by atoms with Gasteiger partial charge in [-0.15, -0.1) is 0 Å². The topological polar surface area (TPSA) is 72.0 Å². The van der Waals surface area contributed by atoms with Gasteiger partial charge >= 0.3 is 0 Å². The lowest BCUT2D eigenvalue weighted by Crippen LogP contribution is -1.95. The fourth-order valence-corrected chi connectivity index (χ4v) is 1.88. The van der Waals surface area contributed by atoms with Crippen molar-refractivity contribution in [1.82, 2.24) is 19.9 Å². The minimum absolute atomic E-state index is 0.394. The van der Waals surface area contributed by atoms with Crippen molar-refractivity contribution < 1.29 is 4.42 Å². The van der Waals surface area contributed by atoms with E-state index in [0.29, 0.717) is 22.0 Å². The number of pyridine rings is 1. The number of hydrogen-bond donors (Lipinski definition) is 1. The summed E-state index contributed by atoms with van der Waals surface area (Å²) in [6, 6.07) is 9.26. The molecule has 1 N–H and O–H groups in total. The third kappa shape index (κ3) is 2.43. The monoisotopic (exact) mass is 285 g/mol. The van der Waals surface area contributed by atoms with Crippen molar-refractivity contribution in [3.05, 3.63) is 52.8 Å². The molecule has 0 aliphatic heterocycles. The van der Waals surface area contributed by atoms with Crippen LogP contribution in [0.5, 0.6) is 0 Å². The largest absolute Gasteiger partial charge is 0.460 e. The van der Waals surface area contributed by atoms with Crippen LogP contribution in [0.2, 0.25) is 0 Å². The second-order valence-electron chi connectivity index (χ2n) is 4.07. The number of H-pyrrole nitrogens is 1. The Morgan fingerprint density at radius 3 is 2.95 bits per heavy atom. The zero-order valence-corrected chi connectivity index (χ0v) is 11.5. The van der Waals surface area contributed by atoms with Gasteiger partial charge in [0.05, 0.1) is 6.21 Å². The highest BCUT2D eigenvalue weighted by atomic mass is 32.1. The minimum Gasteiger partial charge on any atom is -0.460 e. The normalized spacial score (nSPS) is 11.2. The lowest BCUT2D eigenvalue weighted by atomic mass is 10.3. The molecular formula is C13H11N5OS. The summed E-state index contributed by atoms with van der Waals surface area (Å²) in [5.74, 6) is 2.03. The Bertz CT molecular complexity index is 800. The predicted molar refractivity (Wildman–Crippen MR) is 77.1 cm³/mol. The molecule has 3 aromatic rings. The number of hydrogen-bond acceptors (Lipinski definition) is 5. The van der Waals surface area contributed by atoms with Crippen molar-refractivity contribution in [3.63, 3.8) is 0 Å². The Labute approximate surface area is 119 Å². The van der Waals surface area contributed by atoms with Crippen LogP contribution in [0.4, 0.5) is 0 Å². The van der Waals surface area contributed by atoms with Gasteiger partial charge in [-0.3, -0.25) is 4.98 Å². The third-order valence-electron chi connectivity index (χ3n) is 2.61. The Hall–Kier alpha value is -2.54. The Morgan fingerprint density at radius 2 is 2.25 bits per heavy atom. The number of nitrogens with zero attached hydrogens (tertiary/aromatic N) is 4. The van der Waals surface area contributed by atoms with E-state index in [1.165, 1.54) is 4.68 Å². The van der Waals surface area contributed by atoms with Gasteiger partial charge in [-0.05, 0) is 43.4 Å². The molecule has 0 fully saturated rings. The molecule has 0 amide bonds. The van der Waals surface area contributed by atoms with Crippen LogP contribution in [0.1, 0.15) is 11.5 Å². The van der Waals surface area contributed by atoms with E-state index in [-0.39, 0.29) is 0 Å². The Balaban J connectivity index is 2.00. The molecule has 0 spiro atoms. The van der Waals surface area contributed by atoms with Crippen LogP contribution in [-0.2, 0) is 0 Å². The number of aromatic nitrogens is 4. The van der Waals surface area contributed by atoms with Gasteiger partial charge in [-0.25, -0.2) is 5.10 Å². The van der Waals surface area contributed by atoms with Gasteiger partial charge in [0.25, 0.3) is 0 Å². The summed E-state index contributed by atoms with van der Waals surface area (Å²) in [6.45, 7) is 1.88. The summed E-state index contributed by atoms with van der Waals surface area (Å²) < 4.78 is 7.33. The van der Waals surface area contributed by atoms with Gasteiger partial charge in [-0.2, -0.15) is 14.9 Å². The fourth-order valence-electron chi connectivity index (χ4n) is 1.70. The fraction of sp³-hybridized carbons (Fsp3) is 0.0769. The number of nitrogens with one attached hydrogen (secondary N) is 1. The molecular weight excluding hydrogens is 274 g/mol. The number of furan rings is 1. The highest BCUT2D eigenvalue weighted by Gasteiger charge is 2.08. The van der Waals surface area contributed by atoms with Crippen molar-refractivity contribution in [1.29, 1.82) is 0 Å². The molecule has 3 heterocycles. The summed E-state index contributed by atoms with van der Waals surface area (Å²) in [5.41, 5.74) is 0.688. The summed E-state index contributed by atoms with van der Waals surface area (Å²) in [7, 11) is 0. The first-order valence-corrected chi connectivity index (χ1v) is 6.34. The average Bonchev–Trinajstić information content (AvgIpc) is 3.04. The second-order valence-corrected chi connectivity index (χ2v) is 4.46. The van der Waals surface area contributed by atoms with Gasteiger partial charge in [0.15, 0.2) is 0 Å². The SMILES string of the molecule is Cc1ccc(/C=N\n2c(-c3ccccn3)n[nH]c2=S)o1. The summed E-state index contributed by atoms with van der Waals surface area (Å²) in [4.78, 5) is 4.24. The molecule has 100 valence electrons. The first kappa shape index (κ1) is 12.5. The average molecular weight is 285 g/mol. The van der Waals surface area contributed by atoms with E-state index in [4.69, 9.17) is 16.6 Å². The molecule has 0 bridgehead atoms. The van der Waals surface area contributed by atoms with Crippen molar-refractivity contribution in [2.24, 2.45) is 5.10 Å². The van der Waals surface area contributed by atoms with Gasteiger partial charge in [0.2, 0.25) is 10.6 Å². The quantitative estimate of drug-likeness (QED) is 0.593. The zero-order valence-electron chi connectivity index (χ0n) is 10.6. The van der Waals surface area contributed by atoms with Gasteiger partial charge < -0.3 is 4.42 Å².